The number of hydrogen-bond donors (Lipinski definition) is 1. The fourth-order valence-corrected chi connectivity index (χ4v) is 1.95. The molecule has 0 saturated carbocycles. The highest BCUT2D eigenvalue weighted by Crippen LogP contribution is 2.17. The summed E-state index contributed by atoms with van der Waals surface area (Å²) in [6.07, 6.45) is 3.20. The summed E-state index contributed by atoms with van der Waals surface area (Å²) in [6, 6.07) is 13.9. The van der Waals surface area contributed by atoms with Gasteiger partial charge >= 0.3 is 0 Å². The van der Waals surface area contributed by atoms with Crippen LogP contribution in [0.3, 0.4) is 0 Å². The van der Waals surface area contributed by atoms with Crippen molar-refractivity contribution in [3.8, 4) is 17.7 Å². The van der Waals surface area contributed by atoms with Gasteiger partial charge in [0, 0.05) is 12.6 Å². The van der Waals surface area contributed by atoms with Crippen LogP contribution in [-0.2, 0) is 12.8 Å². The Kier molecular flexibility index (Phi) is 3.29. The lowest BCUT2D eigenvalue weighted by atomic mass is 10.1. The van der Waals surface area contributed by atoms with Gasteiger partial charge in [0.25, 0.3) is 5.89 Å². The van der Waals surface area contributed by atoms with Crippen LogP contribution in [0, 0.1) is 11.3 Å². The average molecular weight is 264 g/mol. The van der Waals surface area contributed by atoms with E-state index in [1.807, 2.05) is 24.3 Å². The van der Waals surface area contributed by atoms with Crippen LogP contribution in [0.25, 0.3) is 11.6 Å². The van der Waals surface area contributed by atoms with Crippen LogP contribution in [0.2, 0.25) is 0 Å². The van der Waals surface area contributed by atoms with E-state index in [0.29, 0.717) is 23.0 Å². The van der Waals surface area contributed by atoms with Gasteiger partial charge in [-0.25, -0.2) is 0 Å². The minimum absolute atomic E-state index is 0.412. The van der Waals surface area contributed by atoms with E-state index >= 15 is 0 Å². The number of rotatable bonds is 4. The summed E-state index contributed by atoms with van der Waals surface area (Å²) in [5.74, 6) is 1.08. The first-order valence-corrected chi connectivity index (χ1v) is 6.30. The lowest BCUT2D eigenvalue weighted by Gasteiger charge is -1.96. The first kappa shape index (κ1) is 12.2. The fraction of sp³-hybridized carbons (Fsp3) is 0.133. The van der Waals surface area contributed by atoms with Crippen molar-refractivity contribution in [2.24, 2.45) is 0 Å². The number of H-pyrrole nitrogens is 1. The summed E-state index contributed by atoms with van der Waals surface area (Å²) >= 11 is 0. The molecule has 0 amide bonds. The van der Waals surface area contributed by atoms with Gasteiger partial charge in [0.2, 0.25) is 0 Å². The molecule has 20 heavy (non-hydrogen) atoms. The maximum absolute atomic E-state index is 8.78. The van der Waals surface area contributed by atoms with E-state index in [9.17, 15) is 0 Å². The molecule has 0 aliphatic heterocycles. The van der Waals surface area contributed by atoms with E-state index in [2.05, 4.69) is 27.3 Å². The van der Waals surface area contributed by atoms with E-state index in [1.54, 1.807) is 12.3 Å². The van der Waals surface area contributed by atoms with E-state index in [0.717, 1.165) is 12.8 Å². The summed E-state index contributed by atoms with van der Waals surface area (Å²) in [6.45, 7) is 0. The maximum atomic E-state index is 8.78. The highest BCUT2D eigenvalue weighted by molar-refractivity contribution is 5.51. The molecule has 5 nitrogen and oxygen atoms in total. The van der Waals surface area contributed by atoms with Crippen molar-refractivity contribution in [1.29, 1.82) is 5.26 Å². The molecule has 2 heterocycles. The number of nitrogens with zero attached hydrogens (tertiary/aromatic N) is 3. The van der Waals surface area contributed by atoms with E-state index in [4.69, 9.17) is 9.78 Å². The van der Waals surface area contributed by atoms with Gasteiger partial charge in [-0.1, -0.05) is 35.5 Å². The summed E-state index contributed by atoms with van der Waals surface area (Å²) in [5.41, 5.74) is 2.45. The molecule has 0 fully saturated rings. The second-order valence-electron chi connectivity index (χ2n) is 4.42. The first-order valence-electron chi connectivity index (χ1n) is 6.30. The quantitative estimate of drug-likeness (QED) is 0.785. The summed E-state index contributed by atoms with van der Waals surface area (Å²) in [7, 11) is 0. The molecule has 0 bridgehead atoms. The number of aromatic nitrogens is 3. The Morgan fingerprint density at radius 2 is 2.05 bits per heavy atom. The Morgan fingerprint density at radius 3 is 2.80 bits per heavy atom. The molecule has 0 radical (unpaired) electrons. The maximum Gasteiger partial charge on any atom is 0.274 e. The van der Waals surface area contributed by atoms with Crippen LogP contribution in [0.15, 0.2) is 47.1 Å². The van der Waals surface area contributed by atoms with Crippen molar-refractivity contribution < 1.29 is 4.52 Å². The third-order valence-corrected chi connectivity index (χ3v) is 2.99. The third kappa shape index (κ3) is 2.59. The number of nitriles is 1. The normalized spacial score (nSPS) is 10.3. The molecule has 0 atom stereocenters. The number of aryl methyl sites for hydroxylation is 2. The van der Waals surface area contributed by atoms with Crippen molar-refractivity contribution in [1.82, 2.24) is 15.1 Å². The Labute approximate surface area is 115 Å². The highest BCUT2D eigenvalue weighted by atomic mass is 16.5. The van der Waals surface area contributed by atoms with Gasteiger partial charge in [0.1, 0.15) is 11.8 Å². The molecule has 2 aromatic heterocycles. The molecule has 1 N–H and O–H groups in total. The third-order valence-electron chi connectivity index (χ3n) is 2.99. The van der Waals surface area contributed by atoms with E-state index in [-0.39, 0.29) is 0 Å². The lowest BCUT2D eigenvalue weighted by molar-refractivity contribution is 0.421. The van der Waals surface area contributed by atoms with Gasteiger partial charge in [-0.15, -0.1) is 0 Å². The zero-order chi connectivity index (χ0) is 13.8. The van der Waals surface area contributed by atoms with Gasteiger partial charge in [-0.3, -0.25) is 0 Å². The zero-order valence-electron chi connectivity index (χ0n) is 10.7. The first-order chi connectivity index (χ1) is 9.85. The van der Waals surface area contributed by atoms with Gasteiger partial charge in [-0.2, -0.15) is 10.2 Å². The predicted octanol–water partition coefficient (Wildman–Crippen LogP) is 2.72. The van der Waals surface area contributed by atoms with E-state index in [1.165, 1.54) is 5.56 Å². The zero-order valence-corrected chi connectivity index (χ0v) is 10.7. The Bertz CT molecular complexity index is 737. The topological polar surface area (TPSA) is 78.5 Å². The van der Waals surface area contributed by atoms with Gasteiger partial charge < -0.3 is 9.51 Å². The summed E-state index contributed by atoms with van der Waals surface area (Å²) in [4.78, 5) is 7.27. The Balaban J connectivity index is 1.69. The minimum Gasteiger partial charge on any atom is -0.356 e. The van der Waals surface area contributed by atoms with Crippen LogP contribution < -0.4 is 0 Å². The molecule has 0 aliphatic rings. The van der Waals surface area contributed by atoms with Crippen LogP contribution in [0.4, 0.5) is 0 Å². The van der Waals surface area contributed by atoms with Crippen molar-refractivity contribution in [2.75, 3.05) is 0 Å². The van der Waals surface area contributed by atoms with Gasteiger partial charge in [-0.05, 0) is 18.1 Å². The number of aromatic amines is 1. The van der Waals surface area contributed by atoms with Crippen molar-refractivity contribution >= 4 is 0 Å². The molecular weight excluding hydrogens is 252 g/mol. The van der Waals surface area contributed by atoms with Crippen LogP contribution >= 0.6 is 0 Å². The summed E-state index contributed by atoms with van der Waals surface area (Å²) < 4.78 is 5.20. The van der Waals surface area contributed by atoms with Crippen molar-refractivity contribution in [3.05, 3.63) is 59.5 Å². The molecule has 5 heteroatoms. The lowest BCUT2D eigenvalue weighted by Crippen LogP contribution is -1.93. The minimum atomic E-state index is 0.412. The molecule has 98 valence electrons. The highest BCUT2D eigenvalue weighted by Gasteiger charge is 2.10. The standard InChI is InChI=1S/C15H12N4O/c16-9-12-8-13(17-10-12)15-18-14(19-20-15)7-6-11-4-2-1-3-5-11/h1-5,8,10,17H,6-7H2. The van der Waals surface area contributed by atoms with E-state index < -0.39 is 0 Å². The second-order valence-corrected chi connectivity index (χ2v) is 4.42. The number of nitrogens with one attached hydrogen (secondary N) is 1. The number of benzene rings is 1. The average Bonchev–Trinajstić information content (AvgIpc) is 3.15. The smallest absolute Gasteiger partial charge is 0.274 e. The van der Waals surface area contributed by atoms with Gasteiger partial charge in [0.05, 0.1) is 5.56 Å². The largest absolute Gasteiger partial charge is 0.356 e. The molecule has 0 spiro atoms. The monoisotopic (exact) mass is 264 g/mol. The Morgan fingerprint density at radius 1 is 1.20 bits per heavy atom. The molecule has 0 unspecified atom stereocenters. The molecule has 3 aromatic rings. The van der Waals surface area contributed by atoms with Crippen LogP contribution in [0.1, 0.15) is 17.0 Å². The summed E-state index contributed by atoms with van der Waals surface area (Å²) in [5, 5.41) is 12.7. The molecule has 3 rings (SSSR count). The molecule has 0 aliphatic carbocycles. The van der Waals surface area contributed by atoms with Gasteiger partial charge in [0.15, 0.2) is 5.82 Å². The SMILES string of the molecule is N#Cc1c[nH]c(-c2nc(CCc3ccccc3)no2)c1. The number of hydrogen-bond acceptors (Lipinski definition) is 4. The fourth-order valence-electron chi connectivity index (χ4n) is 1.95. The van der Waals surface area contributed by atoms with Crippen molar-refractivity contribution in [2.45, 2.75) is 12.8 Å². The molecule has 0 saturated heterocycles. The predicted molar refractivity (Wildman–Crippen MR) is 72.6 cm³/mol. The molecular formula is C15H12N4O. The molecule has 1 aromatic carbocycles. The van der Waals surface area contributed by atoms with Crippen molar-refractivity contribution in [3.63, 3.8) is 0 Å². The van der Waals surface area contributed by atoms with Crippen LogP contribution in [-0.4, -0.2) is 15.1 Å². The Hall–Kier alpha value is -2.87. The second kappa shape index (κ2) is 5.41. The van der Waals surface area contributed by atoms with Crippen LogP contribution in [0.5, 0.6) is 0 Å².